The fourth-order valence-corrected chi connectivity index (χ4v) is 2.12. The Kier molecular flexibility index (Phi) is 3.86. The summed E-state index contributed by atoms with van der Waals surface area (Å²) in [6.07, 6.45) is 1.31. The average Bonchev–Trinajstić information content (AvgIpc) is 2.93. The first-order valence-electron chi connectivity index (χ1n) is 6.95. The summed E-state index contributed by atoms with van der Waals surface area (Å²) in [5, 5.41) is 7.37. The van der Waals surface area contributed by atoms with E-state index in [4.69, 9.17) is 4.74 Å². The van der Waals surface area contributed by atoms with Gasteiger partial charge in [0.05, 0.1) is 6.54 Å². The molecule has 0 bridgehead atoms. The maximum Gasteiger partial charge on any atom is 0.254 e. The summed E-state index contributed by atoms with van der Waals surface area (Å²) >= 11 is 0. The number of nitrogens with zero attached hydrogens (tertiary/aromatic N) is 4. The van der Waals surface area contributed by atoms with Crippen LogP contribution in [0.4, 0.5) is 10.2 Å². The van der Waals surface area contributed by atoms with Crippen LogP contribution in [0.5, 0.6) is 5.75 Å². The highest BCUT2D eigenvalue weighted by atomic mass is 19.1. The highest BCUT2D eigenvalue weighted by molar-refractivity contribution is 5.44. The maximum atomic E-state index is 13.1. The quantitative estimate of drug-likeness (QED) is 0.784. The molecular formula is C15H16FN5O. The van der Waals surface area contributed by atoms with Crippen LogP contribution in [0, 0.1) is 12.7 Å². The van der Waals surface area contributed by atoms with Crippen molar-refractivity contribution in [1.29, 1.82) is 0 Å². The normalized spacial score (nSPS) is 12.3. The summed E-state index contributed by atoms with van der Waals surface area (Å²) < 4.78 is 20.4. The fraction of sp³-hybridized carbons (Fsp3) is 0.267. The second kappa shape index (κ2) is 5.97. The molecule has 7 heteroatoms. The van der Waals surface area contributed by atoms with Crippen LogP contribution in [0.25, 0.3) is 5.78 Å². The number of benzene rings is 1. The average molecular weight is 301 g/mol. The number of aromatic nitrogens is 4. The molecule has 0 aliphatic carbocycles. The molecule has 0 spiro atoms. The van der Waals surface area contributed by atoms with Gasteiger partial charge in [0.15, 0.2) is 0 Å². The second-order valence-corrected chi connectivity index (χ2v) is 5.02. The number of nitrogens with one attached hydrogen (secondary N) is 1. The molecule has 0 fully saturated rings. The van der Waals surface area contributed by atoms with Crippen LogP contribution in [0.15, 0.2) is 36.7 Å². The molecule has 1 unspecified atom stereocenters. The molecule has 0 aliphatic rings. The number of rotatable bonds is 5. The largest absolute Gasteiger partial charge is 0.489 e. The lowest BCUT2D eigenvalue weighted by molar-refractivity contribution is 0.233. The van der Waals surface area contributed by atoms with Gasteiger partial charge in [-0.25, -0.2) is 9.37 Å². The Morgan fingerprint density at radius 1 is 1.36 bits per heavy atom. The molecule has 0 amide bonds. The number of halogens is 1. The maximum absolute atomic E-state index is 13.1. The molecule has 3 rings (SSSR count). The molecule has 3 aromatic rings. The molecule has 0 radical (unpaired) electrons. The second-order valence-electron chi connectivity index (χ2n) is 5.02. The molecule has 6 nitrogen and oxygen atoms in total. The molecule has 0 saturated heterocycles. The predicted octanol–water partition coefficient (Wildman–Crippen LogP) is 2.45. The number of fused-ring (bicyclic) bond motifs is 1. The molecule has 2 heterocycles. The van der Waals surface area contributed by atoms with E-state index >= 15 is 0 Å². The molecule has 1 aromatic carbocycles. The molecular weight excluding hydrogens is 285 g/mol. The van der Waals surface area contributed by atoms with E-state index in [2.05, 4.69) is 20.4 Å². The van der Waals surface area contributed by atoms with Gasteiger partial charge in [-0.3, -0.25) is 0 Å². The number of hydrogen-bond donors (Lipinski definition) is 1. The van der Waals surface area contributed by atoms with E-state index in [1.165, 1.54) is 18.5 Å². The van der Waals surface area contributed by atoms with Gasteiger partial charge in [-0.05, 0) is 26.0 Å². The molecule has 2 aromatic heterocycles. The minimum absolute atomic E-state index is 0.145. The van der Waals surface area contributed by atoms with Crippen LogP contribution in [0.1, 0.15) is 12.6 Å². The minimum Gasteiger partial charge on any atom is -0.489 e. The first kappa shape index (κ1) is 14.2. The SMILES string of the molecule is Cc1cc(NCC(C)Oc2cccc(F)c2)n2ncnc2n1. The lowest BCUT2D eigenvalue weighted by Gasteiger charge is -2.16. The minimum atomic E-state index is -0.313. The summed E-state index contributed by atoms with van der Waals surface area (Å²) in [4.78, 5) is 8.35. The lowest BCUT2D eigenvalue weighted by atomic mass is 10.3. The molecule has 1 atom stereocenters. The van der Waals surface area contributed by atoms with Gasteiger partial charge in [0.2, 0.25) is 0 Å². The Morgan fingerprint density at radius 2 is 2.23 bits per heavy atom. The Labute approximate surface area is 127 Å². The summed E-state index contributed by atoms with van der Waals surface area (Å²) in [6.45, 7) is 4.34. The van der Waals surface area contributed by atoms with Crippen molar-refractivity contribution in [3.05, 3.63) is 48.2 Å². The topological polar surface area (TPSA) is 64.3 Å². The number of aryl methyl sites for hydroxylation is 1. The fourth-order valence-electron chi connectivity index (χ4n) is 2.12. The van der Waals surface area contributed by atoms with Crippen molar-refractivity contribution in [1.82, 2.24) is 19.6 Å². The van der Waals surface area contributed by atoms with E-state index in [9.17, 15) is 4.39 Å². The molecule has 0 saturated carbocycles. The highest BCUT2D eigenvalue weighted by Gasteiger charge is 2.08. The van der Waals surface area contributed by atoms with Gasteiger partial charge in [0.25, 0.3) is 5.78 Å². The first-order valence-corrected chi connectivity index (χ1v) is 6.95. The van der Waals surface area contributed by atoms with Crippen molar-refractivity contribution in [3.8, 4) is 5.75 Å². The van der Waals surface area contributed by atoms with Crippen molar-refractivity contribution >= 4 is 11.6 Å². The van der Waals surface area contributed by atoms with Gasteiger partial charge < -0.3 is 10.1 Å². The van der Waals surface area contributed by atoms with E-state index in [0.29, 0.717) is 18.1 Å². The van der Waals surface area contributed by atoms with E-state index in [1.807, 2.05) is 19.9 Å². The van der Waals surface area contributed by atoms with Crippen molar-refractivity contribution in [2.75, 3.05) is 11.9 Å². The third kappa shape index (κ3) is 3.13. The van der Waals surface area contributed by atoms with Gasteiger partial charge in [0, 0.05) is 17.8 Å². The highest BCUT2D eigenvalue weighted by Crippen LogP contribution is 2.15. The number of anilines is 1. The Morgan fingerprint density at radius 3 is 3.05 bits per heavy atom. The number of ether oxygens (including phenoxy) is 1. The molecule has 114 valence electrons. The summed E-state index contributed by atoms with van der Waals surface area (Å²) in [5.41, 5.74) is 0.849. The zero-order valence-corrected chi connectivity index (χ0v) is 12.3. The summed E-state index contributed by atoms with van der Waals surface area (Å²) in [5.74, 6) is 1.52. The van der Waals surface area contributed by atoms with Crippen molar-refractivity contribution in [2.45, 2.75) is 20.0 Å². The molecule has 0 aliphatic heterocycles. The van der Waals surface area contributed by atoms with E-state index in [1.54, 1.807) is 16.6 Å². The van der Waals surface area contributed by atoms with Gasteiger partial charge >= 0.3 is 0 Å². The van der Waals surface area contributed by atoms with Crippen LogP contribution in [-0.2, 0) is 0 Å². The monoisotopic (exact) mass is 301 g/mol. The van der Waals surface area contributed by atoms with Crippen LogP contribution in [0.2, 0.25) is 0 Å². The Hall–Kier alpha value is -2.70. The summed E-state index contributed by atoms with van der Waals surface area (Å²) in [7, 11) is 0. The van der Waals surface area contributed by atoms with Crippen LogP contribution in [0.3, 0.4) is 0 Å². The third-order valence-corrected chi connectivity index (χ3v) is 3.08. The third-order valence-electron chi connectivity index (χ3n) is 3.08. The van der Waals surface area contributed by atoms with Gasteiger partial charge in [-0.15, -0.1) is 0 Å². The number of hydrogen-bond acceptors (Lipinski definition) is 5. The zero-order valence-electron chi connectivity index (χ0n) is 12.3. The Balaban J connectivity index is 1.67. The van der Waals surface area contributed by atoms with E-state index in [0.717, 1.165) is 11.5 Å². The summed E-state index contributed by atoms with van der Waals surface area (Å²) in [6, 6.07) is 7.98. The first-order chi connectivity index (χ1) is 10.6. The van der Waals surface area contributed by atoms with Crippen LogP contribution in [-0.4, -0.2) is 32.2 Å². The standard InChI is InChI=1S/C15H16FN5O/c1-10-6-14(21-15(20-10)18-9-19-21)17-8-11(2)22-13-5-3-4-12(16)7-13/h3-7,9,11,17H,8H2,1-2H3. The predicted molar refractivity (Wildman–Crippen MR) is 80.5 cm³/mol. The van der Waals surface area contributed by atoms with Gasteiger partial charge in [-0.2, -0.15) is 14.6 Å². The van der Waals surface area contributed by atoms with Crippen molar-refractivity contribution in [2.24, 2.45) is 0 Å². The van der Waals surface area contributed by atoms with Crippen molar-refractivity contribution in [3.63, 3.8) is 0 Å². The van der Waals surface area contributed by atoms with Crippen molar-refractivity contribution < 1.29 is 9.13 Å². The smallest absolute Gasteiger partial charge is 0.254 e. The van der Waals surface area contributed by atoms with Crippen LogP contribution < -0.4 is 10.1 Å². The van der Waals surface area contributed by atoms with Crippen LogP contribution >= 0.6 is 0 Å². The van der Waals surface area contributed by atoms with Gasteiger partial charge in [-0.1, -0.05) is 6.07 Å². The lowest BCUT2D eigenvalue weighted by Crippen LogP contribution is -2.24. The van der Waals surface area contributed by atoms with Gasteiger partial charge in [0.1, 0.15) is 29.8 Å². The Bertz CT molecular complexity index is 788. The molecule has 22 heavy (non-hydrogen) atoms. The molecule has 1 N–H and O–H groups in total. The zero-order chi connectivity index (χ0) is 15.5. The van der Waals surface area contributed by atoms with E-state index < -0.39 is 0 Å². The van der Waals surface area contributed by atoms with E-state index in [-0.39, 0.29) is 11.9 Å².